The highest BCUT2D eigenvalue weighted by atomic mass is 24.3. The summed E-state index contributed by atoms with van der Waals surface area (Å²) in [6.07, 6.45) is 9.85. The molecule has 0 N–H and O–H groups in total. The highest BCUT2D eigenvalue weighted by Crippen LogP contribution is 2.24. The van der Waals surface area contributed by atoms with Crippen molar-refractivity contribution in [1.82, 2.24) is 0 Å². The van der Waals surface area contributed by atoms with Gasteiger partial charge >= 0.3 is 23.1 Å². The Labute approximate surface area is 73.2 Å². The van der Waals surface area contributed by atoms with Crippen LogP contribution in [0.25, 0.3) is 0 Å². The van der Waals surface area contributed by atoms with Crippen molar-refractivity contribution in [1.29, 1.82) is 0 Å². The number of rotatable bonds is 0. The van der Waals surface area contributed by atoms with Crippen molar-refractivity contribution in [3.05, 3.63) is 24.3 Å². The maximum Gasteiger partial charge on any atom is 0.316 e. The molecule has 0 bridgehead atoms. The SMILES string of the molecule is CC1(C)C=CC=CC1.[MgH2]. The molecule has 0 spiro atoms. The quantitative estimate of drug-likeness (QED) is 0.442. The average molecular weight is 135 g/mol. The van der Waals surface area contributed by atoms with Gasteiger partial charge in [-0.2, -0.15) is 0 Å². The first-order valence-electron chi connectivity index (χ1n) is 3.05. The molecule has 0 fully saturated rings. The maximum atomic E-state index is 2.24. The molecule has 0 amide bonds. The first-order chi connectivity index (χ1) is 3.71. The van der Waals surface area contributed by atoms with E-state index in [-0.39, 0.29) is 23.1 Å². The normalized spacial score (nSPS) is 21.1. The Kier molecular flexibility index (Phi) is 3.52. The summed E-state index contributed by atoms with van der Waals surface area (Å²) in [5.41, 5.74) is 0.411. The van der Waals surface area contributed by atoms with Crippen LogP contribution in [-0.4, -0.2) is 23.1 Å². The fourth-order valence-electron chi connectivity index (χ4n) is 0.834. The third-order valence-electron chi connectivity index (χ3n) is 1.44. The molecule has 0 unspecified atom stereocenters. The second-order valence-electron chi connectivity index (χ2n) is 2.98. The van der Waals surface area contributed by atoms with Crippen molar-refractivity contribution in [3.8, 4) is 0 Å². The van der Waals surface area contributed by atoms with E-state index in [1.54, 1.807) is 0 Å². The molecule has 1 aliphatic carbocycles. The van der Waals surface area contributed by atoms with Gasteiger partial charge in [0.25, 0.3) is 0 Å². The third kappa shape index (κ3) is 3.06. The largest absolute Gasteiger partial charge is 0.316 e. The average Bonchev–Trinajstić information content (AvgIpc) is 1.65. The van der Waals surface area contributed by atoms with Crippen LogP contribution in [0.4, 0.5) is 0 Å². The van der Waals surface area contributed by atoms with Crippen molar-refractivity contribution in [2.45, 2.75) is 20.3 Å². The maximum absolute atomic E-state index is 2.24. The van der Waals surface area contributed by atoms with Crippen LogP contribution >= 0.6 is 0 Å². The first-order valence-corrected chi connectivity index (χ1v) is 3.05. The molecule has 9 heavy (non-hydrogen) atoms. The fourth-order valence-corrected chi connectivity index (χ4v) is 0.834. The van der Waals surface area contributed by atoms with E-state index in [2.05, 4.69) is 38.2 Å². The van der Waals surface area contributed by atoms with E-state index >= 15 is 0 Å². The van der Waals surface area contributed by atoms with Crippen LogP contribution in [0.15, 0.2) is 24.3 Å². The van der Waals surface area contributed by atoms with Crippen LogP contribution in [-0.2, 0) is 0 Å². The van der Waals surface area contributed by atoms with E-state index in [0.717, 1.165) is 0 Å². The Morgan fingerprint density at radius 3 is 2.11 bits per heavy atom. The van der Waals surface area contributed by atoms with Gasteiger partial charge < -0.3 is 0 Å². The molecule has 0 radical (unpaired) electrons. The van der Waals surface area contributed by atoms with Crippen LogP contribution in [0.1, 0.15) is 20.3 Å². The Balaban J connectivity index is 0.000000640. The Morgan fingerprint density at radius 2 is 1.89 bits per heavy atom. The molecule has 0 nitrogen and oxygen atoms in total. The molecule has 0 saturated carbocycles. The highest BCUT2D eigenvalue weighted by Gasteiger charge is 2.11. The third-order valence-corrected chi connectivity index (χ3v) is 1.44. The zero-order valence-corrected chi connectivity index (χ0v) is 5.52. The predicted molar refractivity (Wildman–Crippen MR) is 45.2 cm³/mol. The summed E-state index contributed by atoms with van der Waals surface area (Å²) in [6.45, 7) is 4.49. The monoisotopic (exact) mass is 134 g/mol. The van der Waals surface area contributed by atoms with Crippen LogP contribution in [0.5, 0.6) is 0 Å². The molecule has 1 rings (SSSR count). The zero-order valence-electron chi connectivity index (χ0n) is 5.52. The molecule has 0 aliphatic heterocycles. The van der Waals surface area contributed by atoms with Crippen molar-refractivity contribution in [3.63, 3.8) is 0 Å². The lowest BCUT2D eigenvalue weighted by atomic mass is 9.86. The summed E-state index contributed by atoms with van der Waals surface area (Å²) in [5, 5.41) is 0. The minimum atomic E-state index is 0. The van der Waals surface area contributed by atoms with Gasteiger partial charge in [0.05, 0.1) is 0 Å². The number of hydrogen-bond donors (Lipinski definition) is 0. The van der Waals surface area contributed by atoms with Crippen molar-refractivity contribution < 1.29 is 0 Å². The van der Waals surface area contributed by atoms with Crippen LogP contribution < -0.4 is 0 Å². The molecule has 0 aromatic heterocycles. The molecular formula is C8H14Mg. The standard InChI is InChI=1S/C8H12.Mg.2H/c1-8(2)6-4-3-5-7-8;;;/h3-6H,7H2,1-2H3;;;. The molecule has 0 heterocycles. The second-order valence-corrected chi connectivity index (χ2v) is 2.98. The van der Waals surface area contributed by atoms with E-state index in [1.165, 1.54) is 6.42 Å². The van der Waals surface area contributed by atoms with Gasteiger partial charge in [-0.3, -0.25) is 0 Å². The molecule has 0 saturated heterocycles. The minimum absolute atomic E-state index is 0. The van der Waals surface area contributed by atoms with Gasteiger partial charge in [0, 0.05) is 0 Å². The summed E-state index contributed by atoms with van der Waals surface area (Å²) < 4.78 is 0. The summed E-state index contributed by atoms with van der Waals surface area (Å²) in [5.74, 6) is 0. The number of hydrogen-bond acceptors (Lipinski definition) is 0. The van der Waals surface area contributed by atoms with Gasteiger partial charge in [-0.1, -0.05) is 38.2 Å². The summed E-state index contributed by atoms with van der Waals surface area (Å²) in [7, 11) is 0. The Bertz CT molecular complexity index is 132. The van der Waals surface area contributed by atoms with Gasteiger partial charge in [-0.05, 0) is 11.8 Å². The lowest BCUT2D eigenvalue weighted by Crippen LogP contribution is -2.06. The Hall–Kier alpha value is 0.246. The minimum Gasteiger partial charge on any atom is -0.0837 e. The van der Waals surface area contributed by atoms with Gasteiger partial charge in [-0.25, -0.2) is 0 Å². The van der Waals surface area contributed by atoms with Gasteiger partial charge in [0.1, 0.15) is 0 Å². The number of allylic oxidation sites excluding steroid dienone is 4. The van der Waals surface area contributed by atoms with E-state index in [4.69, 9.17) is 0 Å². The van der Waals surface area contributed by atoms with Crippen molar-refractivity contribution >= 4 is 23.1 Å². The molecule has 1 aliphatic rings. The highest BCUT2D eigenvalue weighted by molar-refractivity contribution is 5.75. The summed E-state index contributed by atoms with van der Waals surface area (Å²) in [4.78, 5) is 0. The molecule has 1 heteroatoms. The summed E-state index contributed by atoms with van der Waals surface area (Å²) in [6, 6.07) is 0. The Morgan fingerprint density at radius 1 is 1.22 bits per heavy atom. The topological polar surface area (TPSA) is 0 Å². The molecule has 48 valence electrons. The second kappa shape index (κ2) is 3.42. The summed E-state index contributed by atoms with van der Waals surface area (Å²) >= 11 is 0. The zero-order chi connectivity index (χ0) is 6.04. The van der Waals surface area contributed by atoms with Crippen molar-refractivity contribution in [2.24, 2.45) is 5.41 Å². The lowest BCUT2D eigenvalue weighted by Gasteiger charge is -2.19. The van der Waals surface area contributed by atoms with Crippen LogP contribution in [0.3, 0.4) is 0 Å². The van der Waals surface area contributed by atoms with E-state index < -0.39 is 0 Å². The lowest BCUT2D eigenvalue weighted by molar-refractivity contribution is 0.484. The fraction of sp³-hybridized carbons (Fsp3) is 0.500. The smallest absolute Gasteiger partial charge is 0.0837 e. The molecule has 0 atom stereocenters. The van der Waals surface area contributed by atoms with E-state index in [9.17, 15) is 0 Å². The van der Waals surface area contributed by atoms with E-state index in [0.29, 0.717) is 5.41 Å². The van der Waals surface area contributed by atoms with Crippen LogP contribution in [0.2, 0.25) is 0 Å². The van der Waals surface area contributed by atoms with Gasteiger partial charge in [-0.15, -0.1) is 0 Å². The van der Waals surface area contributed by atoms with Gasteiger partial charge in [0.2, 0.25) is 0 Å². The first kappa shape index (κ1) is 9.25. The predicted octanol–water partition coefficient (Wildman–Crippen LogP) is 1.61. The molecule has 0 aromatic rings. The molecular weight excluding hydrogens is 120 g/mol. The van der Waals surface area contributed by atoms with Crippen molar-refractivity contribution in [2.75, 3.05) is 0 Å². The van der Waals surface area contributed by atoms with Gasteiger partial charge in [0.15, 0.2) is 0 Å². The van der Waals surface area contributed by atoms with E-state index in [1.807, 2.05) is 0 Å². The molecule has 0 aromatic carbocycles. The van der Waals surface area contributed by atoms with Crippen LogP contribution in [0, 0.1) is 5.41 Å².